The number of ether oxygens (including phenoxy) is 1. The summed E-state index contributed by atoms with van der Waals surface area (Å²) in [6, 6.07) is 0. The van der Waals surface area contributed by atoms with Crippen molar-refractivity contribution < 1.29 is 4.74 Å². The molecular formula is C8H21N3O. The molecule has 0 atom stereocenters. The van der Waals surface area contributed by atoms with E-state index in [0.717, 1.165) is 26.3 Å². The van der Waals surface area contributed by atoms with Crippen LogP contribution >= 0.6 is 0 Å². The fraction of sp³-hybridized carbons (Fsp3) is 1.00. The van der Waals surface area contributed by atoms with Crippen LogP contribution in [-0.2, 0) is 4.74 Å². The van der Waals surface area contributed by atoms with Crippen LogP contribution in [0.15, 0.2) is 0 Å². The second-order valence-electron chi connectivity index (χ2n) is 2.65. The van der Waals surface area contributed by atoms with Gasteiger partial charge in [-0.1, -0.05) is 0 Å². The van der Waals surface area contributed by atoms with Gasteiger partial charge in [0.05, 0.1) is 0 Å². The zero-order chi connectivity index (χ0) is 9.07. The summed E-state index contributed by atoms with van der Waals surface area (Å²) in [5.41, 5.74) is 10.3. The molecule has 0 radical (unpaired) electrons. The molecule has 0 saturated carbocycles. The maximum Gasteiger partial charge on any atom is 0.0466 e. The van der Waals surface area contributed by atoms with Gasteiger partial charge in [-0.3, -0.25) is 0 Å². The first-order valence-electron chi connectivity index (χ1n) is 4.60. The van der Waals surface area contributed by atoms with E-state index >= 15 is 0 Å². The van der Waals surface area contributed by atoms with E-state index in [2.05, 4.69) is 5.32 Å². The Morgan fingerprint density at radius 2 is 1.50 bits per heavy atom. The highest BCUT2D eigenvalue weighted by Gasteiger charge is 1.94. The summed E-state index contributed by atoms with van der Waals surface area (Å²) in [6.45, 7) is 5.13. The molecule has 1 aliphatic rings. The van der Waals surface area contributed by atoms with Gasteiger partial charge in [-0.25, -0.2) is 0 Å². The van der Waals surface area contributed by atoms with Gasteiger partial charge in [-0.15, -0.1) is 0 Å². The summed E-state index contributed by atoms with van der Waals surface area (Å²) in [5, 5.41) is 3.03. The predicted molar refractivity (Wildman–Crippen MR) is 51.0 cm³/mol. The van der Waals surface area contributed by atoms with Gasteiger partial charge in [0.2, 0.25) is 0 Å². The lowest BCUT2D eigenvalue weighted by atomic mass is 10.4. The molecule has 0 amide bonds. The minimum Gasteiger partial charge on any atom is -0.381 e. The lowest BCUT2D eigenvalue weighted by Gasteiger charge is -1.95. The molecule has 1 saturated heterocycles. The van der Waals surface area contributed by atoms with Crippen LogP contribution in [0.3, 0.4) is 0 Å². The molecule has 1 aliphatic heterocycles. The van der Waals surface area contributed by atoms with Crippen LogP contribution in [0.4, 0.5) is 0 Å². The Bertz CT molecular complexity index is 65.1. The SMILES string of the molecule is C1CCOC1.NCCNCCN. The Morgan fingerprint density at radius 3 is 1.75 bits per heavy atom. The van der Waals surface area contributed by atoms with Crippen molar-refractivity contribution in [2.24, 2.45) is 11.5 Å². The molecular weight excluding hydrogens is 154 g/mol. The van der Waals surface area contributed by atoms with Gasteiger partial charge >= 0.3 is 0 Å². The van der Waals surface area contributed by atoms with Crippen molar-refractivity contribution in [3.8, 4) is 0 Å². The van der Waals surface area contributed by atoms with E-state index < -0.39 is 0 Å². The summed E-state index contributed by atoms with van der Waals surface area (Å²) in [7, 11) is 0. The second kappa shape index (κ2) is 10.8. The molecule has 0 aromatic heterocycles. The van der Waals surface area contributed by atoms with Crippen LogP contribution in [0.1, 0.15) is 12.8 Å². The molecule has 0 unspecified atom stereocenters. The van der Waals surface area contributed by atoms with Gasteiger partial charge in [0.1, 0.15) is 0 Å². The number of hydrogen-bond acceptors (Lipinski definition) is 4. The summed E-state index contributed by atoms with van der Waals surface area (Å²) >= 11 is 0. The van der Waals surface area contributed by atoms with Crippen molar-refractivity contribution in [1.82, 2.24) is 5.32 Å². The molecule has 5 N–H and O–H groups in total. The normalized spacial score (nSPS) is 15.5. The van der Waals surface area contributed by atoms with E-state index in [1.54, 1.807) is 0 Å². The van der Waals surface area contributed by atoms with E-state index in [9.17, 15) is 0 Å². The highest BCUT2D eigenvalue weighted by Crippen LogP contribution is 1.98. The molecule has 1 rings (SSSR count). The highest BCUT2D eigenvalue weighted by atomic mass is 16.5. The Hall–Kier alpha value is -0.160. The average molecular weight is 175 g/mol. The standard InChI is InChI=1S/C4H13N3.C4H8O/c5-1-3-7-4-2-6;1-2-4-5-3-1/h7H,1-6H2;1-4H2. The lowest BCUT2D eigenvalue weighted by Crippen LogP contribution is -2.27. The molecule has 0 aliphatic carbocycles. The van der Waals surface area contributed by atoms with Crippen molar-refractivity contribution in [3.63, 3.8) is 0 Å². The maximum atomic E-state index is 5.17. The van der Waals surface area contributed by atoms with Crippen LogP contribution in [-0.4, -0.2) is 39.4 Å². The van der Waals surface area contributed by atoms with E-state index in [0.29, 0.717) is 13.1 Å². The number of hydrogen-bond donors (Lipinski definition) is 3. The number of nitrogens with two attached hydrogens (primary N) is 2. The summed E-state index contributed by atoms with van der Waals surface area (Å²) in [4.78, 5) is 0. The Morgan fingerprint density at radius 1 is 1.00 bits per heavy atom. The molecule has 0 aromatic carbocycles. The van der Waals surface area contributed by atoms with E-state index in [-0.39, 0.29) is 0 Å². The van der Waals surface area contributed by atoms with Gasteiger partial charge in [-0.05, 0) is 12.8 Å². The van der Waals surface area contributed by atoms with Crippen molar-refractivity contribution in [2.75, 3.05) is 39.4 Å². The first kappa shape index (κ1) is 11.8. The van der Waals surface area contributed by atoms with Crippen molar-refractivity contribution >= 4 is 0 Å². The van der Waals surface area contributed by atoms with Gasteiger partial charge in [0, 0.05) is 39.4 Å². The Balaban J connectivity index is 0.000000211. The smallest absolute Gasteiger partial charge is 0.0466 e. The van der Waals surface area contributed by atoms with E-state index in [4.69, 9.17) is 16.2 Å². The molecule has 12 heavy (non-hydrogen) atoms. The zero-order valence-corrected chi connectivity index (χ0v) is 7.72. The Kier molecular flexibility index (Phi) is 10.7. The molecule has 74 valence electrons. The minimum atomic E-state index is 0.694. The highest BCUT2D eigenvalue weighted by molar-refractivity contribution is 4.45. The molecule has 0 bridgehead atoms. The molecule has 4 heteroatoms. The third-order valence-corrected chi connectivity index (χ3v) is 1.47. The van der Waals surface area contributed by atoms with E-state index in [1.807, 2.05) is 0 Å². The van der Waals surface area contributed by atoms with Crippen LogP contribution in [0, 0.1) is 0 Å². The van der Waals surface area contributed by atoms with Gasteiger partial charge in [0.25, 0.3) is 0 Å². The molecule has 4 nitrogen and oxygen atoms in total. The fourth-order valence-electron chi connectivity index (χ4n) is 0.839. The van der Waals surface area contributed by atoms with Crippen LogP contribution in [0.25, 0.3) is 0 Å². The molecule has 1 heterocycles. The van der Waals surface area contributed by atoms with E-state index in [1.165, 1.54) is 12.8 Å². The monoisotopic (exact) mass is 175 g/mol. The lowest BCUT2D eigenvalue weighted by molar-refractivity contribution is 0.198. The fourth-order valence-corrected chi connectivity index (χ4v) is 0.839. The third kappa shape index (κ3) is 9.84. The second-order valence-corrected chi connectivity index (χ2v) is 2.65. The molecule has 0 spiro atoms. The van der Waals surface area contributed by atoms with Crippen LogP contribution < -0.4 is 16.8 Å². The summed E-state index contributed by atoms with van der Waals surface area (Å²) < 4.78 is 4.94. The minimum absolute atomic E-state index is 0.694. The largest absolute Gasteiger partial charge is 0.381 e. The number of rotatable bonds is 4. The quantitative estimate of drug-likeness (QED) is 0.494. The van der Waals surface area contributed by atoms with Gasteiger partial charge < -0.3 is 21.5 Å². The van der Waals surface area contributed by atoms with Crippen LogP contribution in [0.2, 0.25) is 0 Å². The summed E-state index contributed by atoms with van der Waals surface area (Å²) in [6.07, 6.45) is 2.56. The van der Waals surface area contributed by atoms with Crippen molar-refractivity contribution in [2.45, 2.75) is 12.8 Å². The number of nitrogens with one attached hydrogen (secondary N) is 1. The Labute approximate surface area is 74.6 Å². The first-order valence-corrected chi connectivity index (χ1v) is 4.60. The van der Waals surface area contributed by atoms with Crippen molar-refractivity contribution in [3.05, 3.63) is 0 Å². The third-order valence-electron chi connectivity index (χ3n) is 1.47. The summed E-state index contributed by atoms with van der Waals surface area (Å²) in [5.74, 6) is 0. The first-order chi connectivity index (χ1) is 5.91. The maximum absolute atomic E-state index is 5.17. The van der Waals surface area contributed by atoms with Crippen LogP contribution in [0.5, 0.6) is 0 Å². The molecule has 1 fully saturated rings. The van der Waals surface area contributed by atoms with Gasteiger partial charge in [0.15, 0.2) is 0 Å². The van der Waals surface area contributed by atoms with Crippen molar-refractivity contribution in [1.29, 1.82) is 0 Å². The topological polar surface area (TPSA) is 73.3 Å². The zero-order valence-electron chi connectivity index (χ0n) is 7.72. The molecule has 0 aromatic rings. The average Bonchev–Trinajstić information content (AvgIpc) is 2.62. The predicted octanol–water partition coefficient (Wildman–Crippen LogP) is -0.710. The van der Waals surface area contributed by atoms with Gasteiger partial charge in [-0.2, -0.15) is 0 Å².